The fraction of sp³-hybridized carbons (Fsp3) is 0.647. The third kappa shape index (κ3) is 4.36. The summed E-state index contributed by atoms with van der Waals surface area (Å²) in [5.74, 6) is 0.867. The summed E-state index contributed by atoms with van der Waals surface area (Å²) in [4.78, 5) is 18.7. The normalized spacial score (nSPS) is 18.9. The number of piperidine rings is 1. The van der Waals surface area contributed by atoms with Crippen molar-refractivity contribution in [2.75, 3.05) is 18.4 Å². The number of hydrogen-bond acceptors (Lipinski definition) is 4. The fourth-order valence-corrected chi connectivity index (χ4v) is 2.71. The number of nitrogens with zero attached hydrogens (tertiary/aromatic N) is 2. The minimum atomic E-state index is -0.466. The van der Waals surface area contributed by atoms with Crippen molar-refractivity contribution in [3.8, 4) is 0 Å². The maximum Gasteiger partial charge on any atom is 0.410 e. The van der Waals surface area contributed by atoms with Gasteiger partial charge < -0.3 is 15.0 Å². The van der Waals surface area contributed by atoms with E-state index in [1.54, 1.807) is 0 Å². The topological polar surface area (TPSA) is 54.5 Å². The Balaban J connectivity index is 2.13. The number of nitrogens with one attached hydrogen (secondary N) is 1. The molecule has 0 unspecified atom stereocenters. The average molecular weight is 305 g/mol. The predicted molar refractivity (Wildman–Crippen MR) is 87.9 cm³/mol. The van der Waals surface area contributed by atoms with Gasteiger partial charge in [-0.3, -0.25) is 0 Å². The van der Waals surface area contributed by atoms with Gasteiger partial charge in [0.1, 0.15) is 11.4 Å². The fourth-order valence-electron chi connectivity index (χ4n) is 2.71. The Kier molecular flexibility index (Phi) is 5.27. The maximum atomic E-state index is 12.4. The minimum Gasteiger partial charge on any atom is -0.444 e. The molecule has 5 heteroatoms. The van der Waals surface area contributed by atoms with E-state index >= 15 is 0 Å². The van der Waals surface area contributed by atoms with Gasteiger partial charge in [-0.2, -0.15) is 0 Å². The van der Waals surface area contributed by atoms with Gasteiger partial charge in [0.25, 0.3) is 0 Å². The lowest BCUT2D eigenvalue weighted by Crippen LogP contribution is -2.41. The van der Waals surface area contributed by atoms with Crippen LogP contribution in [0.1, 0.15) is 58.6 Å². The lowest BCUT2D eigenvalue weighted by atomic mass is 9.97. The molecular formula is C17H27N3O2. The number of amides is 1. The zero-order valence-corrected chi connectivity index (χ0v) is 14.1. The molecule has 1 aliphatic rings. The van der Waals surface area contributed by atoms with Crippen LogP contribution in [0.4, 0.5) is 10.6 Å². The van der Waals surface area contributed by atoms with Crippen LogP contribution in [-0.2, 0) is 4.74 Å². The molecule has 1 atom stereocenters. The number of likely N-dealkylation sites (tertiary alicyclic amines) is 1. The SMILES string of the molecule is CCNc1ccc([C@H]2CCCCN2C(=O)OC(C)(C)C)cn1. The van der Waals surface area contributed by atoms with E-state index in [2.05, 4.69) is 16.4 Å². The van der Waals surface area contributed by atoms with Gasteiger partial charge in [0.2, 0.25) is 0 Å². The summed E-state index contributed by atoms with van der Waals surface area (Å²) in [5.41, 5.74) is 0.610. The Morgan fingerprint density at radius 3 is 2.77 bits per heavy atom. The number of rotatable bonds is 3. The maximum absolute atomic E-state index is 12.4. The summed E-state index contributed by atoms with van der Waals surface area (Å²) in [6.45, 7) is 9.33. The number of pyridine rings is 1. The second kappa shape index (κ2) is 6.99. The number of carbonyl (C=O) groups is 1. The van der Waals surface area contributed by atoms with Crippen molar-refractivity contribution < 1.29 is 9.53 Å². The smallest absolute Gasteiger partial charge is 0.410 e. The molecule has 1 aromatic rings. The molecule has 1 aromatic heterocycles. The molecule has 1 N–H and O–H groups in total. The highest BCUT2D eigenvalue weighted by molar-refractivity contribution is 5.69. The molecule has 5 nitrogen and oxygen atoms in total. The van der Waals surface area contributed by atoms with E-state index in [0.29, 0.717) is 0 Å². The van der Waals surface area contributed by atoms with Crippen LogP contribution in [-0.4, -0.2) is 34.7 Å². The third-order valence-corrected chi connectivity index (χ3v) is 3.66. The van der Waals surface area contributed by atoms with Crippen molar-refractivity contribution in [1.82, 2.24) is 9.88 Å². The van der Waals surface area contributed by atoms with Crippen molar-refractivity contribution in [3.63, 3.8) is 0 Å². The van der Waals surface area contributed by atoms with Crippen LogP contribution in [0, 0.1) is 0 Å². The van der Waals surface area contributed by atoms with E-state index in [0.717, 1.165) is 43.7 Å². The Morgan fingerprint density at radius 1 is 1.41 bits per heavy atom. The number of anilines is 1. The first-order valence-corrected chi connectivity index (χ1v) is 8.10. The number of ether oxygens (including phenoxy) is 1. The van der Waals surface area contributed by atoms with Crippen molar-refractivity contribution in [2.45, 2.75) is 58.6 Å². The second-order valence-electron chi connectivity index (χ2n) is 6.69. The van der Waals surface area contributed by atoms with Crippen LogP contribution in [0.5, 0.6) is 0 Å². The summed E-state index contributed by atoms with van der Waals surface area (Å²) in [6.07, 6.45) is 4.75. The summed E-state index contributed by atoms with van der Waals surface area (Å²) in [5, 5.41) is 3.19. The van der Waals surface area contributed by atoms with Crippen LogP contribution in [0.3, 0.4) is 0 Å². The number of carbonyl (C=O) groups excluding carboxylic acids is 1. The molecule has 1 amide bonds. The summed E-state index contributed by atoms with van der Waals surface area (Å²) < 4.78 is 5.55. The van der Waals surface area contributed by atoms with E-state index in [1.165, 1.54) is 0 Å². The molecule has 0 saturated carbocycles. The number of hydrogen-bond donors (Lipinski definition) is 1. The van der Waals surface area contributed by atoms with Gasteiger partial charge in [-0.25, -0.2) is 9.78 Å². The monoisotopic (exact) mass is 305 g/mol. The molecule has 0 aliphatic carbocycles. The molecule has 0 radical (unpaired) electrons. The molecular weight excluding hydrogens is 278 g/mol. The highest BCUT2D eigenvalue weighted by Gasteiger charge is 2.31. The van der Waals surface area contributed by atoms with Gasteiger partial charge in [0.15, 0.2) is 0 Å². The molecule has 22 heavy (non-hydrogen) atoms. The van der Waals surface area contributed by atoms with Gasteiger partial charge in [0.05, 0.1) is 6.04 Å². The molecule has 2 rings (SSSR count). The first-order chi connectivity index (χ1) is 10.4. The van der Waals surface area contributed by atoms with E-state index in [-0.39, 0.29) is 12.1 Å². The zero-order valence-electron chi connectivity index (χ0n) is 14.1. The predicted octanol–water partition coefficient (Wildman–Crippen LogP) is 3.98. The average Bonchev–Trinajstić information content (AvgIpc) is 2.47. The van der Waals surface area contributed by atoms with Gasteiger partial charge in [-0.05, 0) is 58.6 Å². The summed E-state index contributed by atoms with van der Waals surface area (Å²) in [7, 11) is 0. The standard InChI is InChI=1S/C17H27N3O2/c1-5-18-15-10-9-13(12-19-15)14-8-6-7-11-20(14)16(21)22-17(2,3)4/h9-10,12,14H,5-8,11H2,1-4H3,(H,18,19)/t14-/m1/s1. The highest BCUT2D eigenvalue weighted by atomic mass is 16.6. The van der Waals surface area contributed by atoms with Crippen LogP contribution in [0.25, 0.3) is 0 Å². The van der Waals surface area contributed by atoms with Gasteiger partial charge in [-0.1, -0.05) is 6.07 Å². The van der Waals surface area contributed by atoms with Gasteiger partial charge in [-0.15, -0.1) is 0 Å². The molecule has 122 valence electrons. The van der Waals surface area contributed by atoms with E-state index in [4.69, 9.17) is 4.74 Å². The van der Waals surface area contributed by atoms with Crippen molar-refractivity contribution in [1.29, 1.82) is 0 Å². The van der Waals surface area contributed by atoms with E-state index < -0.39 is 5.60 Å². The van der Waals surface area contributed by atoms with Crippen LogP contribution in [0.2, 0.25) is 0 Å². The Labute approximate surface area is 133 Å². The quantitative estimate of drug-likeness (QED) is 0.918. The molecule has 1 fully saturated rings. The zero-order chi connectivity index (χ0) is 16.2. The van der Waals surface area contributed by atoms with E-state index in [9.17, 15) is 4.79 Å². The van der Waals surface area contributed by atoms with Crippen molar-refractivity contribution in [3.05, 3.63) is 23.9 Å². The van der Waals surface area contributed by atoms with Gasteiger partial charge >= 0.3 is 6.09 Å². The largest absolute Gasteiger partial charge is 0.444 e. The van der Waals surface area contributed by atoms with Crippen LogP contribution in [0.15, 0.2) is 18.3 Å². The molecule has 1 saturated heterocycles. The Hall–Kier alpha value is -1.78. The van der Waals surface area contributed by atoms with Crippen molar-refractivity contribution in [2.24, 2.45) is 0 Å². The lowest BCUT2D eigenvalue weighted by Gasteiger charge is -2.36. The number of aromatic nitrogens is 1. The van der Waals surface area contributed by atoms with Gasteiger partial charge in [0, 0.05) is 19.3 Å². The Morgan fingerprint density at radius 2 is 2.18 bits per heavy atom. The van der Waals surface area contributed by atoms with Crippen LogP contribution < -0.4 is 5.32 Å². The van der Waals surface area contributed by atoms with Crippen LogP contribution >= 0.6 is 0 Å². The lowest BCUT2D eigenvalue weighted by molar-refractivity contribution is 0.00948. The molecule has 0 bridgehead atoms. The molecule has 2 heterocycles. The first-order valence-electron chi connectivity index (χ1n) is 8.10. The molecule has 1 aliphatic heterocycles. The summed E-state index contributed by atoms with van der Waals surface area (Å²) >= 11 is 0. The second-order valence-corrected chi connectivity index (χ2v) is 6.69. The Bertz CT molecular complexity index is 494. The summed E-state index contributed by atoms with van der Waals surface area (Å²) in [6, 6.07) is 4.09. The van der Waals surface area contributed by atoms with E-state index in [1.807, 2.05) is 44.9 Å². The molecule has 0 spiro atoms. The minimum absolute atomic E-state index is 0.0618. The third-order valence-electron chi connectivity index (χ3n) is 3.66. The highest BCUT2D eigenvalue weighted by Crippen LogP contribution is 2.32. The molecule has 0 aromatic carbocycles. The first kappa shape index (κ1) is 16.6. The van der Waals surface area contributed by atoms with Crippen molar-refractivity contribution >= 4 is 11.9 Å².